The standard InChI is InChI=1S/C13H13BrClF/c14-11-6-7(1-2-12(11)16)13(15)10-4-8-3-9(8)5-10/h1-2,6,8-10,13H,3-5H2. The van der Waals surface area contributed by atoms with E-state index in [4.69, 9.17) is 11.6 Å². The van der Waals surface area contributed by atoms with E-state index in [0.29, 0.717) is 10.4 Å². The van der Waals surface area contributed by atoms with Crippen LogP contribution in [0.4, 0.5) is 4.39 Å². The molecule has 0 radical (unpaired) electrons. The van der Waals surface area contributed by atoms with Gasteiger partial charge in [-0.2, -0.15) is 0 Å². The Kier molecular flexibility index (Phi) is 2.75. The van der Waals surface area contributed by atoms with Crippen molar-refractivity contribution in [2.24, 2.45) is 17.8 Å². The maximum atomic E-state index is 13.1. The number of halogens is 3. The molecule has 3 rings (SSSR count). The lowest BCUT2D eigenvalue weighted by atomic mass is 9.94. The molecule has 0 nitrogen and oxygen atoms in total. The van der Waals surface area contributed by atoms with Crippen LogP contribution in [0.1, 0.15) is 30.2 Å². The summed E-state index contributed by atoms with van der Waals surface area (Å²) in [6.07, 6.45) is 3.93. The van der Waals surface area contributed by atoms with Crippen LogP contribution >= 0.6 is 27.5 Å². The normalized spacial score (nSPS) is 33.6. The molecule has 0 saturated heterocycles. The first-order valence-electron chi connectivity index (χ1n) is 5.74. The van der Waals surface area contributed by atoms with E-state index >= 15 is 0 Å². The highest BCUT2D eigenvalue weighted by molar-refractivity contribution is 9.10. The van der Waals surface area contributed by atoms with E-state index in [9.17, 15) is 4.39 Å². The Hall–Kier alpha value is -0.0800. The smallest absolute Gasteiger partial charge is 0.137 e. The van der Waals surface area contributed by atoms with Crippen LogP contribution in [0.2, 0.25) is 0 Å². The molecule has 3 atom stereocenters. The molecule has 2 aliphatic rings. The highest BCUT2D eigenvalue weighted by Gasteiger charge is 2.47. The average Bonchev–Trinajstić information content (AvgIpc) is 2.89. The van der Waals surface area contributed by atoms with Crippen LogP contribution in [0, 0.1) is 23.6 Å². The third-order valence-corrected chi connectivity index (χ3v) is 5.17. The second kappa shape index (κ2) is 3.99. The predicted octanol–water partition coefficient (Wildman–Crippen LogP) is 4.91. The molecule has 0 amide bonds. The van der Waals surface area contributed by atoms with Gasteiger partial charge in [-0.25, -0.2) is 4.39 Å². The molecule has 86 valence electrons. The molecule has 16 heavy (non-hydrogen) atoms. The molecule has 1 aromatic rings. The van der Waals surface area contributed by atoms with Crippen LogP contribution < -0.4 is 0 Å². The molecule has 1 aromatic carbocycles. The lowest BCUT2D eigenvalue weighted by Crippen LogP contribution is -2.06. The summed E-state index contributed by atoms with van der Waals surface area (Å²) in [5, 5.41) is 0.0460. The minimum absolute atomic E-state index is 0.0460. The highest BCUT2D eigenvalue weighted by atomic mass is 79.9. The molecule has 3 unspecified atom stereocenters. The van der Waals surface area contributed by atoms with Gasteiger partial charge in [-0.05, 0) is 70.6 Å². The maximum Gasteiger partial charge on any atom is 0.137 e. The molecular weight excluding hydrogens is 290 g/mol. The number of fused-ring (bicyclic) bond motifs is 1. The van der Waals surface area contributed by atoms with Crippen molar-refractivity contribution in [3.8, 4) is 0 Å². The van der Waals surface area contributed by atoms with Crippen LogP contribution in [0.25, 0.3) is 0 Å². The summed E-state index contributed by atoms with van der Waals surface area (Å²) in [6, 6.07) is 5.11. The molecule has 2 fully saturated rings. The van der Waals surface area contributed by atoms with Crippen molar-refractivity contribution in [2.45, 2.75) is 24.6 Å². The zero-order chi connectivity index (χ0) is 11.3. The van der Waals surface area contributed by atoms with E-state index in [1.807, 2.05) is 12.1 Å². The SMILES string of the molecule is Fc1ccc(C(Cl)C2CC3CC3C2)cc1Br. The van der Waals surface area contributed by atoms with Gasteiger partial charge in [0.05, 0.1) is 9.85 Å². The first kappa shape index (κ1) is 11.0. The third-order valence-electron chi connectivity index (χ3n) is 3.96. The van der Waals surface area contributed by atoms with Crippen molar-refractivity contribution >= 4 is 27.5 Å². The molecular formula is C13H13BrClF. The Bertz CT molecular complexity index is 410. The van der Waals surface area contributed by atoms with Gasteiger partial charge in [0.25, 0.3) is 0 Å². The van der Waals surface area contributed by atoms with Gasteiger partial charge >= 0.3 is 0 Å². The Morgan fingerprint density at radius 1 is 1.25 bits per heavy atom. The van der Waals surface area contributed by atoms with Crippen LogP contribution in [-0.2, 0) is 0 Å². The third kappa shape index (κ3) is 1.91. The summed E-state index contributed by atoms with van der Waals surface area (Å²) < 4.78 is 13.6. The molecule has 0 aromatic heterocycles. The van der Waals surface area contributed by atoms with Gasteiger partial charge in [-0.3, -0.25) is 0 Å². The average molecular weight is 304 g/mol. The molecule has 2 saturated carbocycles. The second-order valence-corrected chi connectivity index (χ2v) is 6.39. The molecule has 3 heteroatoms. The number of alkyl halides is 1. The molecule has 0 bridgehead atoms. The van der Waals surface area contributed by atoms with Gasteiger partial charge in [0.15, 0.2) is 0 Å². The van der Waals surface area contributed by atoms with Gasteiger partial charge in [0.1, 0.15) is 5.82 Å². The number of benzene rings is 1. The Labute approximate surface area is 108 Å². The van der Waals surface area contributed by atoms with Crippen LogP contribution in [-0.4, -0.2) is 0 Å². The van der Waals surface area contributed by atoms with E-state index in [0.717, 1.165) is 17.4 Å². The summed E-state index contributed by atoms with van der Waals surface area (Å²) in [7, 11) is 0. The van der Waals surface area contributed by atoms with Gasteiger partial charge in [0, 0.05) is 0 Å². The van der Waals surface area contributed by atoms with Crippen LogP contribution in [0.15, 0.2) is 22.7 Å². The van der Waals surface area contributed by atoms with Gasteiger partial charge in [-0.1, -0.05) is 6.07 Å². The molecule has 0 aliphatic heterocycles. The van der Waals surface area contributed by atoms with Crippen molar-refractivity contribution in [3.05, 3.63) is 34.1 Å². The summed E-state index contributed by atoms with van der Waals surface area (Å²) in [4.78, 5) is 0. The van der Waals surface area contributed by atoms with E-state index in [2.05, 4.69) is 15.9 Å². The van der Waals surface area contributed by atoms with Crippen LogP contribution in [0.3, 0.4) is 0 Å². The van der Waals surface area contributed by atoms with E-state index in [-0.39, 0.29) is 11.2 Å². The number of hydrogen-bond donors (Lipinski definition) is 0. The number of hydrogen-bond acceptors (Lipinski definition) is 0. The highest BCUT2D eigenvalue weighted by Crippen LogP contribution is 2.58. The summed E-state index contributed by atoms with van der Waals surface area (Å²) in [6.45, 7) is 0. The molecule has 0 spiro atoms. The molecule has 0 N–H and O–H groups in total. The maximum absolute atomic E-state index is 13.1. The van der Waals surface area contributed by atoms with Gasteiger partial charge in [0.2, 0.25) is 0 Å². The summed E-state index contributed by atoms with van der Waals surface area (Å²) in [5.41, 5.74) is 1.04. The zero-order valence-corrected chi connectivity index (χ0v) is 11.1. The van der Waals surface area contributed by atoms with Crippen molar-refractivity contribution in [2.75, 3.05) is 0 Å². The fourth-order valence-corrected chi connectivity index (χ4v) is 3.69. The van der Waals surface area contributed by atoms with Gasteiger partial charge in [-0.15, -0.1) is 11.6 Å². The van der Waals surface area contributed by atoms with E-state index in [1.165, 1.54) is 25.3 Å². The minimum Gasteiger partial charge on any atom is -0.206 e. The summed E-state index contributed by atoms with van der Waals surface area (Å²) in [5.74, 6) is 2.25. The van der Waals surface area contributed by atoms with E-state index in [1.54, 1.807) is 0 Å². The Morgan fingerprint density at radius 3 is 2.56 bits per heavy atom. The minimum atomic E-state index is -0.220. The predicted molar refractivity (Wildman–Crippen MR) is 67.0 cm³/mol. The molecule has 2 aliphatic carbocycles. The Morgan fingerprint density at radius 2 is 1.94 bits per heavy atom. The topological polar surface area (TPSA) is 0 Å². The zero-order valence-electron chi connectivity index (χ0n) is 8.80. The van der Waals surface area contributed by atoms with Crippen molar-refractivity contribution in [1.29, 1.82) is 0 Å². The first-order chi connectivity index (χ1) is 7.65. The van der Waals surface area contributed by atoms with Crippen molar-refractivity contribution in [3.63, 3.8) is 0 Å². The lowest BCUT2D eigenvalue weighted by molar-refractivity contribution is 0.471. The largest absolute Gasteiger partial charge is 0.206 e. The molecule has 0 heterocycles. The van der Waals surface area contributed by atoms with Crippen molar-refractivity contribution in [1.82, 2.24) is 0 Å². The van der Waals surface area contributed by atoms with Crippen LogP contribution in [0.5, 0.6) is 0 Å². The van der Waals surface area contributed by atoms with Crippen molar-refractivity contribution < 1.29 is 4.39 Å². The lowest BCUT2D eigenvalue weighted by Gasteiger charge is -2.19. The first-order valence-corrected chi connectivity index (χ1v) is 6.97. The van der Waals surface area contributed by atoms with E-state index < -0.39 is 0 Å². The van der Waals surface area contributed by atoms with Gasteiger partial charge < -0.3 is 0 Å². The Balaban J connectivity index is 1.77. The second-order valence-electron chi connectivity index (χ2n) is 5.06. The summed E-state index contributed by atoms with van der Waals surface area (Å²) >= 11 is 9.69. The monoisotopic (exact) mass is 302 g/mol. The number of rotatable bonds is 2. The fraction of sp³-hybridized carbons (Fsp3) is 0.538. The quantitative estimate of drug-likeness (QED) is 0.681. The fourth-order valence-electron chi connectivity index (χ4n) is 2.96.